The summed E-state index contributed by atoms with van der Waals surface area (Å²) in [6, 6.07) is 3.29. The molecule has 4 atom stereocenters. The lowest BCUT2D eigenvalue weighted by molar-refractivity contribution is -0.134. The van der Waals surface area contributed by atoms with Gasteiger partial charge in [-0.25, -0.2) is 4.98 Å². The van der Waals surface area contributed by atoms with E-state index in [0.29, 0.717) is 12.8 Å². The quantitative estimate of drug-likeness (QED) is 0.123. The summed E-state index contributed by atoms with van der Waals surface area (Å²) >= 11 is 0. The van der Waals surface area contributed by atoms with Gasteiger partial charge in [0.05, 0.1) is 12.9 Å². The third-order valence-corrected chi connectivity index (χ3v) is 7.00. The average Bonchev–Trinajstić information content (AvgIpc) is 3.74. The standard InChI is InChI=1S/C27H34N8O6/c1-28-24(38)22(13-36)35-27(41)21(10-15-11-30-18-5-3-2-4-17(15)18)34-26(40)20(7-6-16-12-29-14-31-16)33-25(39)19-8-9-23(37)32-19/h2-5,11-12,14,19-22,30,36H,6-10,13H2,1H3,(H,28,38)(H,29,31)(H,32,37)(H,33,39)(H,34,40)(H,35,41)/t19-,20-,21-,22-/m0/s1. The highest BCUT2D eigenvalue weighted by atomic mass is 16.3. The first-order chi connectivity index (χ1) is 19.8. The highest BCUT2D eigenvalue weighted by molar-refractivity contribution is 5.96. The molecule has 0 aliphatic carbocycles. The van der Waals surface area contributed by atoms with Crippen LogP contribution in [0.5, 0.6) is 0 Å². The molecule has 1 aliphatic rings. The van der Waals surface area contributed by atoms with Gasteiger partial charge < -0.3 is 41.7 Å². The molecule has 0 radical (unpaired) electrons. The summed E-state index contributed by atoms with van der Waals surface area (Å²) in [5.74, 6) is -2.65. The van der Waals surface area contributed by atoms with Gasteiger partial charge in [0, 0.05) is 48.9 Å². The maximum atomic E-state index is 13.6. The van der Waals surface area contributed by atoms with Crippen LogP contribution in [0, 0.1) is 0 Å². The van der Waals surface area contributed by atoms with Crippen LogP contribution in [0.2, 0.25) is 0 Å². The van der Waals surface area contributed by atoms with Crippen molar-refractivity contribution >= 4 is 40.4 Å². The third kappa shape index (κ3) is 7.48. The number of aliphatic hydroxyl groups is 1. The number of hydrogen-bond acceptors (Lipinski definition) is 7. The van der Waals surface area contributed by atoms with E-state index < -0.39 is 54.4 Å². The molecule has 41 heavy (non-hydrogen) atoms. The molecule has 4 rings (SSSR count). The number of aliphatic hydroxyl groups excluding tert-OH is 1. The number of rotatable bonds is 13. The summed E-state index contributed by atoms with van der Waals surface area (Å²) in [4.78, 5) is 73.7. The van der Waals surface area contributed by atoms with Gasteiger partial charge in [0.15, 0.2) is 0 Å². The fraction of sp³-hybridized carbons (Fsp3) is 0.407. The number of fused-ring (bicyclic) bond motifs is 1. The number of nitrogens with zero attached hydrogens (tertiary/aromatic N) is 1. The number of benzene rings is 1. The fourth-order valence-corrected chi connectivity index (χ4v) is 4.72. The SMILES string of the molecule is CNC(=O)[C@H](CO)NC(=O)[C@H](Cc1c[nH]c2ccccc12)NC(=O)[C@H](CCc1cnc[nH]1)NC(=O)[C@@H]1CCC(=O)N1. The van der Waals surface area contributed by atoms with Gasteiger partial charge in [-0.3, -0.25) is 24.0 Å². The van der Waals surface area contributed by atoms with Gasteiger partial charge in [0.2, 0.25) is 29.5 Å². The molecule has 5 amide bonds. The minimum absolute atomic E-state index is 0.0629. The average molecular weight is 567 g/mol. The minimum atomic E-state index is -1.23. The Balaban J connectivity index is 1.55. The first-order valence-corrected chi connectivity index (χ1v) is 13.3. The van der Waals surface area contributed by atoms with Crippen LogP contribution in [-0.4, -0.2) is 87.4 Å². The Labute approximate surface area is 235 Å². The van der Waals surface area contributed by atoms with E-state index in [9.17, 15) is 29.1 Å². The predicted molar refractivity (Wildman–Crippen MR) is 147 cm³/mol. The van der Waals surface area contributed by atoms with Crippen LogP contribution in [0.1, 0.15) is 30.5 Å². The van der Waals surface area contributed by atoms with Gasteiger partial charge in [0.25, 0.3) is 0 Å². The highest BCUT2D eigenvalue weighted by Gasteiger charge is 2.33. The number of carbonyl (C=O) groups is 5. The molecule has 0 saturated carbocycles. The van der Waals surface area contributed by atoms with E-state index in [4.69, 9.17) is 0 Å². The zero-order valence-corrected chi connectivity index (χ0v) is 22.5. The number of amides is 5. The lowest BCUT2D eigenvalue weighted by Gasteiger charge is -2.25. The lowest BCUT2D eigenvalue weighted by atomic mass is 10.0. The van der Waals surface area contributed by atoms with E-state index in [1.54, 1.807) is 12.4 Å². The van der Waals surface area contributed by atoms with Crippen LogP contribution >= 0.6 is 0 Å². The van der Waals surface area contributed by atoms with Crippen molar-refractivity contribution in [2.45, 2.75) is 56.3 Å². The first-order valence-electron chi connectivity index (χ1n) is 13.3. The first kappa shape index (κ1) is 29.3. The van der Waals surface area contributed by atoms with Crippen LogP contribution < -0.4 is 26.6 Å². The minimum Gasteiger partial charge on any atom is -0.394 e. The van der Waals surface area contributed by atoms with E-state index in [2.05, 4.69) is 41.5 Å². The number of aromatic amines is 2. The van der Waals surface area contributed by atoms with Crippen molar-refractivity contribution in [3.05, 3.63) is 54.2 Å². The maximum absolute atomic E-state index is 13.6. The second-order valence-electron chi connectivity index (χ2n) is 9.82. The molecule has 0 unspecified atom stereocenters. The summed E-state index contributed by atoms with van der Waals surface area (Å²) in [6.07, 6.45) is 5.99. The fourth-order valence-electron chi connectivity index (χ4n) is 4.72. The number of imidazole rings is 1. The second-order valence-corrected chi connectivity index (χ2v) is 9.82. The number of likely N-dealkylation sites (N-methyl/N-ethyl adjacent to an activating group) is 1. The number of H-pyrrole nitrogens is 2. The number of carbonyl (C=O) groups excluding carboxylic acids is 5. The van der Waals surface area contributed by atoms with Crippen LogP contribution in [0.25, 0.3) is 10.9 Å². The second kappa shape index (κ2) is 13.6. The Bertz CT molecular complexity index is 1390. The molecule has 0 spiro atoms. The van der Waals surface area contributed by atoms with Gasteiger partial charge in [-0.15, -0.1) is 0 Å². The van der Waals surface area contributed by atoms with Crippen LogP contribution in [0.3, 0.4) is 0 Å². The summed E-state index contributed by atoms with van der Waals surface area (Å²) in [5, 5.41) is 23.4. The molecule has 3 heterocycles. The lowest BCUT2D eigenvalue weighted by Crippen LogP contribution is -2.58. The summed E-state index contributed by atoms with van der Waals surface area (Å²) in [6.45, 7) is -0.644. The number of aryl methyl sites for hydroxylation is 1. The van der Waals surface area contributed by atoms with Crippen LogP contribution in [-0.2, 0) is 36.8 Å². The predicted octanol–water partition coefficient (Wildman–Crippen LogP) is -1.46. The molecule has 0 bridgehead atoms. The Hall–Kier alpha value is -4.72. The third-order valence-electron chi connectivity index (χ3n) is 7.00. The summed E-state index contributed by atoms with van der Waals surface area (Å²) in [5.41, 5.74) is 2.33. The van der Waals surface area contributed by atoms with Crippen molar-refractivity contribution in [3.63, 3.8) is 0 Å². The molecule has 1 saturated heterocycles. The van der Waals surface area contributed by atoms with Crippen molar-refractivity contribution in [2.75, 3.05) is 13.7 Å². The number of para-hydroxylation sites is 1. The maximum Gasteiger partial charge on any atom is 0.244 e. The summed E-state index contributed by atoms with van der Waals surface area (Å²) < 4.78 is 0. The van der Waals surface area contributed by atoms with Crippen molar-refractivity contribution in [1.82, 2.24) is 41.5 Å². The molecule has 1 aliphatic heterocycles. The Kier molecular flexibility index (Phi) is 9.68. The van der Waals surface area contributed by atoms with E-state index in [0.717, 1.165) is 22.2 Å². The van der Waals surface area contributed by atoms with Crippen molar-refractivity contribution in [2.24, 2.45) is 0 Å². The molecule has 14 nitrogen and oxygen atoms in total. The molecule has 1 aromatic carbocycles. The molecule has 2 aromatic heterocycles. The molecule has 3 aromatic rings. The van der Waals surface area contributed by atoms with Gasteiger partial charge in [0.1, 0.15) is 24.2 Å². The van der Waals surface area contributed by atoms with E-state index >= 15 is 0 Å². The number of hydrogen-bond donors (Lipinski definition) is 8. The van der Waals surface area contributed by atoms with Gasteiger partial charge in [-0.2, -0.15) is 0 Å². The van der Waals surface area contributed by atoms with Crippen LogP contribution in [0.15, 0.2) is 43.0 Å². The Morgan fingerprint density at radius 2 is 1.78 bits per heavy atom. The largest absolute Gasteiger partial charge is 0.394 e. The summed E-state index contributed by atoms with van der Waals surface area (Å²) in [7, 11) is 1.38. The van der Waals surface area contributed by atoms with Crippen molar-refractivity contribution in [1.29, 1.82) is 0 Å². The highest BCUT2D eigenvalue weighted by Crippen LogP contribution is 2.19. The Morgan fingerprint density at radius 1 is 1.02 bits per heavy atom. The topological polar surface area (TPSA) is 210 Å². The van der Waals surface area contributed by atoms with Gasteiger partial charge in [-0.05, 0) is 30.9 Å². The molecule has 14 heteroatoms. The van der Waals surface area contributed by atoms with E-state index in [1.165, 1.54) is 13.4 Å². The van der Waals surface area contributed by atoms with Gasteiger partial charge in [-0.1, -0.05) is 18.2 Å². The molecular weight excluding hydrogens is 532 g/mol. The van der Waals surface area contributed by atoms with Gasteiger partial charge >= 0.3 is 0 Å². The number of nitrogens with one attached hydrogen (secondary N) is 7. The molecule has 218 valence electrons. The smallest absolute Gasteiger partial charge is 0.244 e. The van der Waals surface area contributed by atoms with Crippen LogP contribution in [0.4, 0.5) is 0 Å². The zero-order chi connectivity index (χ0) is 29.4. The monoisotopic (exact) mass is 566 g/mol. The van der Waals surface area contributed by atoms with E-state index in [1.807, 2.05) is 24.3 Å². The number of aromatic nitrogens is 3. The molecule has 8 N–H and O–H groups in total. The molecule has 1 fully saturated rings. The van der Waals surface area contributed by atoms with Crippen molar-refractivity contribution in [3.8, 4) is 0 Å². The zero-order valence-electron chi connectivity index (χ0n) is 22.5. The molecular formula is C27H34N8O6. The van der Waals surface area contributed by atoms with E-state index in [-0.39, 0.29) is 25.2 Å². The Morgan fingerprint density at radius 3 is 2.46 bits per heavy atom. The normalized spacial score (nSPS) is 16.8. The van der Waals surface area contributed by atoms with Crippen molar-refractivity contribution < 1.29 is 29.1 Å².